The van der Waals surface area contributed by atoms with Gasteiger partial charge in [-0.15, -0.1) is 0 Å². The van der Waals surface area contributed by atoms with Crippen molar-refractivity contribution < 1.29 is 0 Å². The van der Waals surface area contributed by atoms with Crippen LogP contribution in [0.2, 0.25) is 0 Å². The van der Waals surface area contributed by atoms with Crippen LogP contribution >= 0.6 is 11.3 Å². The highest BCUT2D eigenvalue weighted by molar-refractivity contribution is 7.24. The number of benzene rings is 2. The molecule has 1 nitrogen and oxygen atoms in total. The minimum absolute atomic E-state index is 0.127. The standard InChI is InChI=1S/C16H16NS/c1-16(2,3)11-7-6-10-14-15(11)17-12-8-4-5-9-13(12)18-14/h4-10H,1-3H3/q+1. The Hall–Kier alpha value is -1.54. The number of nitrogens with zero attached hydrogens (tertiary/aromatic N) is 1. The van der Waals surface area contributed by atoms with Gasteiger partial charge in [-0.1, -0.05) is 45.0 Å². The van der Waals surface area contributed by atoms with Gasteiger partial charge in [0.05, 0.1) is 0 Å². The maximum Gasteiger partial charge on any atom is 0.257 e. The summed E-state index contributed by atoms with van der Waals surface area (Å²) < 4.78 is 2.51. The van der Waals surface area contributed by atoms with Crippen LogP contribution in [-0.4, -0.2) is 4.98 Å². The van der Waals surface area contributed by atoms with E-state index < -0.39 is 0 Å². The molecule has 1 aromatic heterocycles. The molecule has 0 amide bonds. The first-order valence-corrected chi connectivity index (χ1v) is 6.99. The third kappa shape index (κ3) is 1.87. The number of aromatic nitrogens is 1. The summed E-state index contributed by atoms with van der Waals surface area (Å²) in [5.74, 6) is 0. The Labute approximate surface area is 111 Å². The lowest BCUT2D eigenvalue weighted by Crippen LogP contribution is -2.11. The summed E-state index contributed by atoms with van der Waals surface area (Å²) in [6.07, 6.45) is 0. The Morgan fingerprint density at radius 2 is 1.61 bits per heavy atom. The first-order chi connectivity index (χ1) is 8.55. The molecule has 90 valence electrons. The molecule has 18 heavy (non-hydrogen) atoms. The lowest BCUT2D eigenvalue weighted by Gasteiger charge is -2.18. The second kappa shape index (κ2) is 3.99. The summed E-state index contributed by atoms with van der Waals surface area (Å²) in [4.78, 5) is 4.85. The normalized spacial score (nSPS) is 12.2. The van der Waals surface area contributed by atoms with Crippen molar-refractivity contribution in [1.29, 1.82) is 0 Å². The zero-order valence-electron chi connectivity index (χ0n) is 10.9. The fraction of sp³-hybridized carbons (Fsp3) is 0.250. The van der Waals surface area contributed by atoms with Gasteiger partial charge in [-0.25, -0.2) is 4.98 Å². The van der Waals surface area contributed by atoms with E-state index >= 15 is 0 Å². The zero-order valence-corrected chi connectivity index (χ0v) is 11.7. The smallest absolute Gasteiger partial charge is 0.237 e. The van der Waals surface area contributed by atoms with E-state index in [1.165, 1.54) is 15.0 Å². The van der Waals surface area contributed by atoms with Crippen molar-refractivity contribution in [3.8, 4) is 0 Å². The number of hydrogen-bond acceptors (Lipinski definition) is 1. The zero-order chi connectivity index (χ0) is 12.8. The molecule has 0 fully saturated rings. The minimum Gasteiger partial charge on any atom is -0.237 e. The summed E-state index contributed by atoms with van der Waals surface area (Å²) in [5, 5.41) is 0. The van der Waals surface area contributed by atoms with Crippen molar-refractivity contribution in [3.05, 3.63) is 48.0 Å². The molecule has 3 aromatic rings. The molecule has 0 saturated heterocycles. The van der Waals surface area contributed by atoms with Crippen molar-refractivity contribution in [2.24, 2.45) is 0 Å². The average molecular weight is 254 g/mol. The predicted molar refractivity (Wildman–Crippen MR) is 80.2 cm³/mol. The van der Waals surface area contributed by atoms with Crippen molar-refractivity contribution in [3.63, 3.8) is 0 Å². The molecular weight excluding hydrogens is 238 g/mol. The van der Waals surface area contributed by atoms with Gasteiger partial charge in [0.15, 0.2) is 0 Å². The van der Waals surface area contributed by atoms with E-state index in [2.05, 4.69) is 57.2 Å². The predicted octanol–water partition coefficient (Wildman–Crippen LogP) is 5.03. The van der Waals surface area contributed by atoms with Gasteiger partial charge in [0.1, 0.15) is 11.0 Å². The Morgan fingerprint density at radius 1 is 0.889 bits per heavy atom. The quantitative estimate of drug-likeness (QED) is 0.405. The molecule has 0 N–H and O–H groups in total. The molecule has 0 aliphatic heterocycles. The van der Waals surface area contributed by atoms with Crippen LogP contribution in [0.4, 0.5) is 0 Å². The van der Waals surface area contributed by atoms with Crippen LogP contribution in [0.1, 0.15) is 26.3 Å². The summed E-state index contributed by atoms with van der Waals surface area (Å²) >= 11 is 1.82. The van der Waals surface area contributed by atoms with E-state index in [1.54, 1.807) is 0 Å². The highest BCUT2D eigenvalue weighted by Gasteiger charge is 2.21. The lowest BCUT2D eigenvalue weighted by molar-refractivity contribution is 0.595. The molecule has 0 aliphatic rings. The van der Waals surface area contributed by atoms with E-state index in [0.717, 1.165) is 11.0 Å². The Morgan fingerprint density at radius 3 is 2.39 bits per heavy atom. The Kier molecular flexibility index (Phi) is 2.56. The second-order valence-corrected chi connectivity index (χ2v) is 6.67. The van der Waals surface area contributed by atoms with Gasteiger partial charge in [-0.3, -0.25) is 0 Å². The van der Waals surface area contributed by atoms with Gasteiger partial charge in [-0.05, 0) is 17.0 Å². The molecule has 2 aromatic carbocycles. The highest BCUT2D eigenvalue weighted by Crippen LogP contribution is 2.33. The minimum atomic E-state index is 0.127. The first kappa shape index (κ1) is 11.5. The monoisotopic (exact) mass is 254 g/mol. The molecule has 3 rings (SSSR count). The largest absolute Gasteiger partial charge is 0.257 e. The second-order valence-electron chi connectivity index (χ2n) is 5.58. The molecular formula is C16H16NS+. The van der Waals surface area contributed by atoms with Crippen LogP contribution in [0.5, 0.6) is 0 Å². The SMILES string of the molecule is CC(C)(C)c1cccc2[s+]c3ccccc3nc12. The maximum absolute atomic E-state index is 4.85. The van der Waals surface area contributed by atoms with Crippen LogP contribution in [-0.2, 0) is 5.41 Å². The third-order valence-electron chi connectivity index (χ3n) is 3.12. The number of rotatable bonds is 0. The van der Waals surface area contributed by atoms with Crippen molar-refractivity contribution in [1.82, 2.24) is 4.98 Å². The fourth-order valence-corrected chi connectivity index (χ4v) is 3.20. The molecule has 0 aliphatic carbocycles. The van der Waals surface area contributed by atoms with E-state index in [-0.39, 0.29) is 5.41 Å². The number of para-hydroxylation sites is 2. The molecule has 0 spiro atoms. The van der Waals surface area contributed by atoms with Crippen molar-refractivity contribution >= 4 is 31.8 Å². The molecule has 0 atom stereocenters. The summed E-state index contributed by atoms with van der Waals surface area (Å²) in [7, 11) is 0. The molecule has 0 bridgehead atoms. The number of fused-ring (bicyclic) bond motifs is 2. The Bertz CT molecular complexity index is 726. The summed E-state index contributed by atoms with van der Waals surface area (Å²) in [5.41, 5.74) is 3.68. The molecule has 2 heteroatoms. The van der Waals surface area contributed by atoms with Gasteiger partial charge in [0.25, 0.3) is 9.40 Å². The van der Waals surface area contributed by atoms with Crippen molar-refractivity contribution in [2.45, 2.75) is 26.2 Å². The van der Waals surface area contributed by atoms with E-state index in [1.807, 2.05) is 17.4 Å². The first-order valence-electron chi connectivity index (χ1n) is 6.18. The number of hydrogen-bond donors (Lipinski definition) is 0. The Balaban J connectivity index is 2.44. The van der Waals surface area contributed by atoms with Crippen LogP contribution < -0.4 is 0 Å². The van der Waals surface area contributed by atoms with Gasteiger partial charge < -0.3 is 0 Å². The highest BCUT2D eigenvalue weighted by atomic mass is 32.1. The molecule has 0 radical (unpaired) electrons. The fourth-order valence-electron chi connectivity index (χ4n) is 2.20. The molecule has 0 saturated carbocycles. The molecule has 0 unspecified atom stereocenters. The summed E-state index contributed by atoms with van der Waals surface area (Å²) in [6, 6.07) is 14.8. The van der Waals surface area contributed by atoms with E-state index in [9.17, 15) is 0 Å². The van der Waals surface area contributed by atoms with Gasteiger partial charge in [0.2, 0.25) is 11.3 Å². The lowest BCUT2D eigenvalue weighted by atomic mass is 9.86. The van der Waals surface area contributed by atoms with E-state index in [0.29, 0.717) is 0 Å². The van der Waals surface area contributed by atoms with E-state index in [4.69, 9.17) is 4.98 Å². The molecule has 1 heterocycles. The average Bonchev–Trinajstić information content (AvgIpc) is 2.34. The van der Waals surface area contributed by atoms with Gasteiger partial charge in [0, 0.05) is 12.1 Å². The van der Waals surface area contributed by atoms with Crippen LogP contribution in [0, 0.1) is 0 Å². The van der Waals surface area contributed by atoms with Crippen molar-refractivity contribution in [2.75, 3.05) is 0 Å². The van der Waals surface area contributed by atoms with Gasteiger partial charge in [-0.2, -0.15) is 0 Å². The van der Waals surface area contributed by atoms with Crippen LogP contribution in [0.15, 0.2) is 42.5 Å². The summed E-state index contributed by atoms with van der Waals surface area (Å²) in [6.45, 7) is 6.72. The van der Waals surface area contributed by atoms with Gasteiger partial charge >= 0.3 is 0 Å². The van der Waals surface area contributed by atoms with Crippen LogP contribution in [0.25, 0.3) is 20.4 Å². The maximum atomic E-state index is 4.85. The third-order valence-corrected chi connectivity index (χ3v) is 4.24. The topological polar surface area (TPSA) is 12.9 Å². The van der Waals surface area contributed by atoms with Crippen LogP contribution in [0.3, 0.4) is 0 Å².